The first-order valence-corrected chi connectivity index (χ1v) is 9.67. The molecular weight excluding hydrogens is 356 g/mol. The van der Waals surface area contributed by atoms with E-state index in [0.717, 1.165) is 42.3 Å². The van der Waals surface area contributed by atoms with Crippen LogP contribution in [0, 0.1) is 12.8 Å². The van der Waals surface area contributed by atoms with E-state index in [1.165, 1.54) is 0 Å². The smallest absolute Gasteiger partial charge is 0.315 e. The van der Waals surface area contributed by atoms with E-state index in [1.54, 1.807) is 6.20 Å². The Morgan fingerprint density at radius 1 is 1.25 bits per heavy atom. The number of nitrogens with one attached hydrogen (secondary N) is 3. The summed E-state index contributed by atoms with van der Waals surface area (Å²) in [5, 5.41) is 8.87. The van der Waals surface area contributed by atoms with Crippen molar-refractivity contribution in [1.29, 1.82) is 0 Å². The highest BCUT2D eigenvalue weighted by Crippen LogP contribution is 2.22. The summed E-state index contributed by atoms with van der Waals surface area (Å²) in [6.45, 7) is 5.76. The number of carbonyl (C=O) groups is 1. The van der Waals surface area contributed by atoms with Crippen LogP contribution in [-0.4, -0.2) is 43.9 Å². The fourth-order valence-corrected chi connectivity index (χ4v) is 2.94. The lowest BCUT2D eigenvalue weighted by Gasteiger charge is -2.15. The highest BCUT2D eigenvalue weighted by Gasteiger charge is 2.17. The number of carbonyl (C=O) groups excluding carboxylic acids is 1. The first-order valence-electron chi connectivity index (χ1n) is 9.67. The molecule has 1 fully saturated rings. The van der Waals surface area contributed by atoms with Gasteiger partial charge >= 0.3 is 6.03 Å². The van der Waals surface area contributed by atoms with Crippen LogP contribution < -0.4 is 20.7 Å². The molecule has 1 saturated heterocycles. The van der Waals surface area contributed by atoms with E-state index < -0.39 is 0 Å². The van der Waals surface area contributed by atoms with E-state index in [0.29, 0.717) is 32.2 Å². The molecule has 0 spiro atoms. The second-order valence-electron chi connectivity index (χ2n) is 6.90. The first-order chi connectivity index (χ1) is 13.7. The molecule has 3 rings (SSSR count). The molecule has 28 heavy (non-hydrogen) atoms. The normalized spacial score (nSPS) is 15.8. The third-order valence-corrected chi connectivity index (χ3v) is 4.54. The van der Waals surface area contributed by atoms with Crippen LogP contribution in [0.1, 0.15) is 17.5 Å². The molecule has 0 radical (unpaired) electrons. The van der Waals surface area contributed by atoms with E-state index >= 15 is 0 Å². The third kappa shape index (κ3) is 6.42. The van der Waals surface area contributed by atoms with Gasteiger partial charge in [0.15, 0.2) is 0 Å². The lowest BCUT2D eigenvalue weighted by atomic mass is 10.1. The number of ether oxygens (including phenoxy) is 2. The van der Waals surface area contributed by atoms with Crippen molar-refractivity contribution in [3.8, 4) is 5.75 Å². The molecule has 2 amide bonds. The number of rotatable bonds is 9. The number of urea groups is 1. The standard InChI is InChI=1S/C21H28N4O3/c1-16-5-6-18(19(12-16)28-15-17-7-11-27-14-17)13-25-21(26)24-10-9-23-20-4-2-3-8-22-20/h2-6,8,12,17H,7,9-11,13-15H2,1H3,(H,22,23)(H2,24,25,26). The van der Waals surface area contributed by atoms with Crippen LogP contribution in [0.4, 0.5) is 10.6 Å². The van der Waals surface area contributed by atoms with Gasteiger partial charge in [0.2, 0.25) is 0 Å². The maximum Gasteiger partial charge on any atom is 0.315 e. The van der Waals surface area contributed by atoms with Crippen molar-refractivity contribution in [3.05, 3.63) is 53.7 Å². The molecule has 0 saturated carbocycles. The van der Waals surface area contributed by atoms with Crippen molar-refractivity contribution in [2.75, 3.05) is 38.2 Å². The number of aryl methyl sites for hydroxylation is 1. The van der Waals surface area contributed by atoms with Crippen LogP contribution in [0.2, 0.25) is 0 Å². The van der Waals surface area contributed by atoms with Gasteiger partial charge in [-0.15, -0.1) is 0 Å². The number of amides is 2. The van der Waals surface area contributed by atoms with Crippen molar-refractivity contribution < 1.29 is 14.3 Å². The van der Waals surface area contributed by atoms with E-state index in [4.69, 9.17) is 9.47 Å². The van der Waals surface area contributed by atoms with E-state index in [-0.39, 0.29) is 6.03 Å². The Morgan fingerprint density at radius 3 is 2.96 bits per heavy atom. The summed E-state index contributed by atoms with van der Waals surface area (Å²) in [6, 6.07) is 11.5. The van der Waals surface area contributed by atoms with Gasteiger partial charge in [-0.3, -0.25) is 0 Å². The summed E-state index contributed by atoms with van der Waals surface area (Å²) < 4.78 is 11.4. The molecule has 150 valence electrons. The molecule has 1 unspecified atom stereocenters. The molecule has 7 heteroatoms. The van der Waals surface area contributed by atoms with Crippen LogP contribution >= 0.6 is 0 Å². The van der Waals surface area contributed by atoms with Crippen LogP contribution in [0.3, 0.4) is 0 Å². The fraction of sp³-hybridized carbons (Fsp3) is 0.429. The predicted molar refractivity (Wildman–Crippen MR) is 109 cm³/mol. The summed E-state index contributed by atoms with van der Waals surface area (Å²) in [7, 11) is 0. The largest absolute Gasteiger partial charge is 0.493 e. The average molecular weight is 384 g/mol. The van der Waals surface area contributed by atoms with E-state index in [2.05, 4.69) is 20.9 Å². The van der Waals surface area contributed by atoms with Crippen molar-refractivity contribution in [1.82, 2.24) is 15.6 Å². The molecule has 3 N–H and O–H groups in total. The lowest BCUT2D eigenvalue weighted by Crippen LogP contribution is -2.37. The summed E-state index contributed by atoms with van der Waals surface area (Å²) in [6.07, 6.45) is 2.76. The monoisotopic (exact) mass is 384 g/mol. The van der Waals surface area contributed by atoms with Gasteiger partial charge in [-0.05, 0) is 37.1 Å². The Labute approximate surface area is 165 Å². The molecule has 2 aromatic rings. The summed E-state index contributed by atoms with van der Waals surface area (Å²) in [5.41, 5.74) is 2.10. The van der Waals surface area contributed by atoms with Gasteiger partial charge in [0.05, 0.1) is 13.2 Å². The molecule has 1 aromatic heterocycles. The van der Waals surface area contributed by atoms with Gasteiger partial charge < -0.3 is 25.4 Å². The Bertz CT molecular complexity index is 749. The molecule has 0 aliphatic carbocycles. The number of hydrogen-bond acceptors (Lipinski definition) is 5. The van der Waals surface area contributed by atoms with Gasteiger partial charge in [0, 0.05) is 43.9 Å². The molecule has 1 aromatic carbocycles. The van der Waals surface area contributed by atoms with Crippen LogP contribution in [0.25, 0.3) is 0 Å². The highest BCUT2D eigenvalue weighted by atomic mass is 16.5. The Hall–Kier alpha value is -2.80. The molecule has 0 bridgehead atoms. The number of aromatic nitrogens is 1. The highest BCUT2D eigenvalue weighted by molar-refractivity contribution is 5.73. The van der Waals surface area contributed by atoms with Crippen molar-refractivity contribution >= 4 is 11.8 Å². The van der Waals surface area contributed by atoms with Gasteiger partial charge in [-0.25, -0.2) is 9.78 Å². The van der Waals surface area contributed by atoms with Crippen molar-refractivity contribution in [2.45, 2.75) is 19.9 Å². The van der Waals surface area contributed by atoms with Crippen molar-refractivity contribution in [3.63, 3.8) is 0 Å². The molecule has 2 heterocycles. The zero-order chi connectivity index (χ0) is 19.6. The van der Waals surface area contributed by atoms with E-state index in [9.17, 15) is 4.79 Å². The minimum Gasteiger partial charge on any atom is -0.493 e. The van der Waals surface area contributed by atoms with Crippen molar-refractivity contribution in [2.24, 2.45) is 5.92 Å². The third-order valence-electron chi connectivity index (χ3n) is 4.54. The summed E-state index contributed by atoms with van der Waals surface area (Å²) in [4.78, 5) is 16.2. The molecular formula is C21H28N4O3. The number of hydrogen-bond donors (Lipinski definition) is 3. The number of benzene rings is 1. The van der Waals surface area contributed by atoms with Crippen LogP contribution in [0.5, 0.6) is 5.75 Å². The second-order valence-corrected chi connectivity index (χ2v) is 6.90. The van der Waals surface area contributed by atoms with Gasteiger partial charge in [-0.1, -0.05) is 18.2 Å². The number of pyridine rings is 1. The molecule has 1 aliphatic heterocycles. The maximum absolute atomic E-state index is 12.0. The van der Waals surface area contributed by atoms with Gasteiger partial charge in [-0.2, -0.15) is 0 Å². The Balaban J connectivity index is 1.40. The van der Waals surface area contributed by atoms with E-state index in [1.807, 2.05) is 43.3 Å². The SMILES string of the molecule is Cc1ccc(CNC(=O)NCCNc2ccccn2)c(OCC2CCOC2)c1. The average Bonchev–Trinajstić information content (AvgIpc) is 3.23. The predicted octanol–water partition coefficient (Wildman–Crippen LogP) is 2.72. The zero-order valence-corrected chi connectivity index (χ0v) is 16.2. The Morgan fingerprint density at radius 2 is 2.18 bits per heavy atom. The lowest BCUT2D eigenvalue weighted by molar-refractivity contribution is 0.166. The quantitative estimate of drug-likeness (QED) is 0.579. The van der Waals surface area contributed by atoms with Gasteiger partial charge in [0.25, 0.3) is 0 Å². The number of anilines is 1. The number of nitrogens with zero attached hydrogens (tertiary/aromatic N) is 1. The summed E-state index contributed by atoms with van der Waals surface area (Å²) in [5.74, 6) is 2.05. The molecule has 1 atom stereocenters. The van der Waals surface area contributed by atoms with Crippen LogP contribution in [0.15, 0.2) is 42.6 Å². The summed E-state index contributed by atoms with van der Waals surface area (Å²) >= 11 is 0. The molecule has 7 nitrogen and oxygen atoms in total. The van der Waals surface area contributed by atoms with Crippen LogP contribution in [-0.2, 0) is 11.3 Å². The topological polar surface area (TPSA) is 84.5 Å². The Kier molecular flexibility index (Phi) is 7.49. The minimum absolute atomic E-state index is 0.210. The molecule has 1 aliphatic rings. The maximum atomic E-state index is 12.0. The zero-order valence-electron chi connectivity index (χ0n) is 16.2. The second kappa shape index (κ2) is 10.5. The van der Waals surface area contributed by atoms with Gasteiger partial charge in [0.1, 0.15) is 11.6 Å². The first kappa shape index (κ1) is 19.9. The fourth-order valence-electron chi connectivity index (χ4n) is 2.94. The minimum atomic E-state index is -0.210.